The number of carbonyl (C=O) groups is 1. The van der Waals surface area contributed by atoms with Crippen LogP contribution in [0.2, 0.25) is 0 Å². The third kappa shape index (κ3) is 2.46. The molecule has 25 heavy (non-hydrogen) atoms. The Labute approximate surface area is 151 Å². The van der Waals surface area contributed by atoms with Gasteiger partial charge in [-0.05, 0) is 61.9 Å². The van der Waals surface area contributed by atoms with Crippen molar-refractivity contribution in [2.45, 2.75) is 56.5 Å². The number of aromatic nitrogens is 3. The number of benzene rings is 1. The fourth-order valence-electron chi connectivity index (χ4n) is 4.64. The molecule has 3 aliphatic carbocycles. The molecule has 1 amide bonds. The van der Waals surface area contributed by atoms with Crippen LogP contribution in [0.5, 0.6) is 0 Å². The second kappa shape index (κ2) is 5.53. The van der Waals surface area contributed by atoms with E-state index < -0.39 is 0 Å². The van der Waals surface area contributed by atoms with Crippen LogP contribution in [0.1, 0.15) is 55.1 Å². The molecule has 3 aliphatic rings. The van der Waals surface area contributed by atoms with Crippen molar-refractivity contribution < 1.29 is 4.79 Å². The van der Waals surface area contributed by atoms with E-state index in [-0.39, 0.29) is 17.2 Å². The Morgan fingerprint density at radius 1 is 1.40 bits per heavy atom. The van der Waals surface area contributed by atoms with Crippen LogP contribution in [0.4, 0.5) is 0 Å². The lowest BCUT2D eigenvalue weighted by Crippen LogP contribution is -2.30. The largest absolute Gasteiger partial charge is 0.349 e. The van der Waals surface area contributed by atoms with Crippen molar-refractivity contribution in [3.63, 3.8) is 0 Å². The van der Waals surface area contributed by atoms with Crippen LogP contribution >= 0.6 is 12.2 Å². The summed E-state index contributed by atoms with van der Waals surface area (Å²) in [6, 6.07) is 9.12. The van der Waals surface area contributed by atoms with Crippen LogP contribution < -0.4 is 5.32 Å². The Kier molecular flexibility index (Phi) is 3.39. The van der Waals surface area contributed by atoms with Crippen molar-refractivity contribution in [1.29, 1.82) is 0 Å². The number of H-pyrrole nitrogens is 1. The van der Waals surface area contributed by atoms with Gasteiger partial charge in [0.15, 0.2) is 10.6 Å². The van der Waals surface area contributed by atoms with Gasteiger partial charge in [0.05, 0.1) is 6.54 Å². The molecule has 1 aromatic heterocycles. The molecule has 5 nitrogen and oxygen atoms in total. The third-order valence-corrected chi connectivity index (χ3v) is 6.41. The van der Waals surface area contributed by atoms with Gasteiger partial charge in [-0.1, -0.05) is 24.3 Å². The Morgan fingerprint density at radius 3 is 3.08 bits per heavy atom. The lowest BCUT2D eigenvalue weighted by Gasteiger charge is -2.26. The van der Waals surface area contributed by atoms with Crippen molar-refractivity contribution >= 4 is 18.1 Å². The number of fused-ring (bicyclic) bond motifs is 2. The Hall–Kier alpha value is -1.95. The molecule has 1 aromatic carbocycles. The average Bonchev–Trinajstić information content (AvgIpc) is 3.54. The summed E-state index contributed by atoms with van der Waals surface area (Å²) >= 11 is 5.31. The first-order chi connectivity index (χ1) is 12.2. The summed E-state index contributed by atoms with van der Waals surface area (Å²) in [6.45, 7) is 0.455. The number of aryl methyl sites for hydroxylation is 1. The lowest BCUT2D eigenvalue weighted by molar-refractivity contribution is -0.123. The highest BCUT2D eigenvalue weighted by Crippen LogP contribution is 2.60. The summed E-state index contributed by atoms with van der Waals surface area (Å²) in [5.41, 5.74) is 2.92. The molecular formula is C19H22N4OS. The fourth-order valence-corrected chi connectivity index (χ4v) is 4.94. The highest BCUT2D eigenvalue weighted by molar-refractivity contribution is 7.71. The lowest BCUT2D eigenvalue weighted by atomic mass is 9.78. The molecular weight excluding hydrogens is 332 g/mol. The van der Waals surface area contributed by atoms with Crippen LogP contribution in [0.3, 0.4) is 0 Å². The first kappa shape index (κ1) is 15.3. The number of amides is 1. The van der Waals surface area contributed by atoms with E-state index in [1.54, 1.807) is 0 Å². The third-order valence-electron chi connectivity index (χ3n) is 6.12. The van der Waals surface area contributed by atoms with E-state index in [0.29, 0.717) is 17.4 Å². The summed E-state index contributed by atoms with van der Waals surface area (Å²) in [7, 11) is 0. The molecule has 0 bridgehead atoms. The molecule has 0 radical (unpaired) electrons. The highest BCUT2D eigenvalue weighted by Gasteiger charge is 2.59. The van der Waals surface area contributed by atoms with E-state index in [1.165, 1.54) is 17.5 Å². The molecule has 2 atom stereocenters. The fraction of sp³-hybridized carbons (Fsp3) is 0.526. The summed E-state index contributed by atoms with van der Waals surface area (Å²) in [4.78, 5) is 12.8. The second-order valence-electron chi connectivity index (χ2n) is 7.69. The zero-order chi connectivity index (χ0) is 17.0. The predicted molar refractivity (Wildman–Crippen MR) is 96.7 cm³/mol. The molecule has 2 saturated carbocycles. The minimum Gasteiger partial charge on any atom is -0.349 e. The van der Waals surface area contributed by atoms with Crippen LogP contribution in [-0.4, -0.2) is 20.7 Å². The van der Waals surface area contributed by atoms with Crippen LogP contribution in [0, 0.1) is 10.7 Å². The first-order valence-corrected chi connectivity index (χ1v) is 9.62. The molecule has 0 unspecified atom stereocenters. The number of carbonyl (C=O) groups excluding carboxylic acids is 1. The summed E-state index contributed by atoms with van der Waals surface area (Å²) in [5.74, 6) is 1.11. The van der Waals surface area contributed by atoms with Crippen molar-refractivity contribution in [3.8, 4) is 0 Å². The topological polar surface area (TPSA) is 62.7 Å². The molecule has 0 aliphatic heterocycles. The summed E-state index contributed by atoms with van der Waals surface area (Å²) < 4.78 is 2.73. The number of rotatable bonds is 4. The van der Waals surface area contributed by atoms with Crippen LogP contribution in [-0.2, 0) is 23.2 Å². The minimum atomic E-state index is 0.0835. The van der Waals surface area contributed by atoms with Crippen LogP contribution in [0.15, 0.2) is 24.3 Å². The van der Waals surface area contributed by atoms with E-state index in [2.05, 4.69) is 44.3 Å². The van der Waals surface area contributed by atoms with Gasteiger partial charge in [-0.15, -0.1) is 0 Å². The molecule has 2 aromatic rings. The molecule has 1 spiro atoms. The van der Waals surface area contributed by atoms with E-state index in [9.17, 15) is 4.79 Å². The molecule has 1 heterocycles. The van der Waals surface area contributed by atoms with Gasteiger partial charge in [-0.25, -0.2) is 0 Å². The molecule has 5 rings (SSSR count). The van der Waals surface area contributed by atoms with Gasteiger partial charge in [0.2, 0.25) is 5.91 Å². The average molecular weight is 354 g/mol. The summed E-state index contributed by atoms with van der Waals surface area (Å²) in [5, 5.41) is 10.3. The van der Waals surface area contributed by atoms with Crippen LogP contribution in [0.25, 0.3) is 0 Å². The normalized spacial score (nSPS) is 27.1. The zero-order valence-corrected chi connectivity index (χ0v) is 14.9. The molecule has 130 valence electrons. The SMILES string of the molecule is O=C(NCc1n[nH]c(=S)n1C1CC1)[C@H]1C[C@@]12CCCc1ccccc12. The Morgan fingerprint density at radius 2 is 2.24 bits per heavy atom. The van der Waals surface area contributed by atoms with Gasteiger partial charge >= 0.3 is 0 Å². The van der Waals surface area contributed by atoms with Crippen molar-refractivity contribution in [2.75, 3.05) is 0 Å². The van der Waals surface area contributed by atoms with Crippen molar-refractivity contribution in [3.05, 3.63) is 46.0 Å². The number of aromatic amines is 1. The second-order valence-corrected chi connectivity index (χ2v) is 8.07. The van der Waals surface area contributed by atoms with Gasteiger partial charge < -0.3 is 5.32 Å². The summed E-state index contributed by atoms with van der Waals surface area (Å²) in [6.07, 6.45) is 6.73. The predicted octanol–water partition coefficient (Wildman–Crippen LogP) is 3.19. The van der Waals surface area contributed by atoms with E-state index in [0.717, 1.165) is 37.9 Å². The quantitative estimate of drug-likeness (QED) is 0.829. The standard InChI is InChI=1S/C19H22N4OS/c24-17(20-11-16-21-22-18(25)23(16)13-7-8-13)15-10-19(15)9-3-5-12-4-1-2-6-14(12)19/h1-2,4,6,13,15H,3,5,7-11H2,(H,20,24)(H,22,25)/t15-,19-/m1/s1. The number of hydrogen-bond acceptors (Lipinski definition) is 3. The maximum absolute atomic E-state index is 12.8. The monoisotopic (exact) mass is 354 g/mol. The van der Waals surface area contributed by atoms with Crippen molar-refractivity contribution in [1.82, 2.24) is 20.1 Å². The molecule has 2 fully saturated rings. The highest BCUT2D eigenvalue weighted by atomic mass is 32.1. The number of nitrogens with one attached hydrogen (secondary N) is 2. The van der Waals surface area contributed by atoms with Gasteiger partial charge in [0, 0.05) is 17.4 Å². The van der Waals surface area contributed by atoms with Gasteiger partial charge in [0.1, 0.15) is 0 Å². The van der Waals surface area contributed by atoms with Gasteiger partial charge in [0.25, 0.3) is 0 Å². The minimum absolute atomic E-state index is 0.0835. The maximum atomic E-state index is 12.8. The zero-order valence-electron chi connectivity index (χ0n) is 14.1. The van der Waals surface area contributed by atoms with E-state index in [1.807, 2.05) is 0 Å². The Bertz CT molecular complexity index is 897. The molecule has 2 N–H and O–H groups in total. The van der Waals surface area contributed by atoms with Gasteiger partial charge in [-0.3, -0.25) is 14.5 Å². The number of hydrogen-bond donors (Lipinski definition) is 2. The number of nitrogens with zero attached hydrogens (tertiary/aromatic N) is 2. The maximum Gasteiger partial charge on any atom is 0.224 e. The van der Waals surface area contributed by atoms with E-state index in [4.69, 9.17) is 12.2 Å². The molecule has 0 saturated heterocycles. The molecule has 6 heteroatoms. The Balaban J connectivity index is 1.30. The smallest absolute Gasteiger partial charge is 0.224 e. The van der Waals surface area contributed by atoms with Crippen molar-refractivity contribution in [2.24, 2.45) is 5.92 Å². The first-order valence-electron chi connectivity index (χ1n) is 9.21. The van der Waals surface area contributed by atoms with E-state index >= 15 is 0 Å². The van der Waals surface area contributed by atoms with Gasteiger partial charge in [-0.2, -0.15) is 5.10 Å².